The van der Waals surface area contributed by atoms with E-state index in [9.17, 15) is 0 Å². The molecule has 0 saturated carbocycles. The number of likely N-dealkylation sites (N-methyl/N-ethyl adjacent to an activating group) is 1. The van der Waals surface area contributed by atoms with Gasteiger partial charge in [-0.2, -0.15) is 0 Å². The first kappa shape index (κ1) is 18.8. The number of rotatable bonds is 3. The van der Waals surface area contributed by atoms with Crippen LogP contribution in [0, 0.1) is 13.8 Å². The molecule has 4 nitrogen and oxygen atoms in total. The summed E-state index contributed by atoms with van der Waals surface area (Å²) >= 11 is 0. The van der Waals surface area contributed by atoms with Crippen LogP contribution in [0.3, 0.4) is 0 Å². The average molecular weight is 353 g/mol. The Balaban J connectivity index is 1.84. The van der Waals surface area contributed by atoms with E-state index >= 15 is 0 Å². The van der Waals surface area contributed by atoms with Gasteiger partial charge >= 0.3 is 0 Å². The Morgan fingerprint density at radius 3 is 2.77 bits per heavy atom. The predicted octanol–water partition coefficient (Wildman–Crippen LogP) is 3.87. The van der Waals surface area contributed by atoms with Gasteiger partial charge in [0.1, 0.15) is 5.82 Å². The molecule has 0 aliphatic carbocycles. The summed E-state index contributed by atoms with van der Waals surface area (Å²) in [5.41, 5.74) is 5.80. The summed E-state index contributed by atoms with van der Waals surface area (Å²) in [6, 6.07) is 7.06. The molecule has 0 spiro atoms. The molecule has 0 radical (unpaired) electrons. The first-order chi connectivity index (χ1) is 12.5. The van der Waals surface area contributed by atoms with Gasteiger partial charge in [0.15, 0.2) is 0 Å². The van der Waals surface area contributed by atoms with E-state index in [0.29, 0.717) is 6.04 Å². The molecular weight excluding hydrogens is 320 g/mol. The first-order valence-corrected chi connectivity index (χ1v) is 9.86. The van der Waals surface area contributed by atoms with Crippen molar-refractivity contribution in [3.8, 4) is 0 Å². The molecule has 1 fully saturated rings. The largest absolute Gasteiger partial charge is 0.366 e. The standard InChI is InChI=1S/C22H32N4/c1-16-10-11-20(17(2)14-16)22-18(3)24-21(9-5-6-12-23-22)25-19-8-7-13-26(4)15-19/h9-11,14,19,25H,5-8,12-13,15H2,1-4H3/b21-9-,23-22?,24-18-. The molecule has 1 aromatic rings. The molecule has 1 aromatic carbocycles. The molecule has 2 aliphatic rings. The Morgan fingerprint density at radius 1 is 1.15 bits per heavy atom. The Labute approximate surface area is 158 Å². The highest BCUT2D eigenvalue weighted by molar-refractivity contribution is 6.48. The van der Waals surface area contributed by atoms with Crippen molar-refractivity contribution in [1.29, 1.82) is 0 Å². The van der Waals surface area contributed by atoms with Gasteiger partial charge in [0.05, 0.1) is 11.4 Å². The van der Waals surface area contributed by atoms with Crippen LogP contribution in [-0.2, 0) is 0 Å². The summed E-state index contributed by atoms with van der Waals surface area (Å²) < 4.78 is 0. The molecule has 0 aromatic heterocycles. The van der Waals surface area contributed by atoms with E-state index in [1.54, 1.807) is 0 Å². The molecule has 2 aliphatic heterocycles. The van der Waals surface area contributed by atoms with Gasteiger partial charge in [0.2, 0.25) is 0 Å². The van der Waals surface area contributed by atoms with E-state index < -0.39 is 0 Å². The molecule has 3 rings (SSSR count). The van der Waals surface area contributed by atoms with Crippen LogP contribution in [0.5, 0.6) is 0 Å². The minimum atomic E-state index is 0.485. The van der Waals surface area contributed by atoms with E-state index in [1.165, 1.54) is 36.1 Å². The zero-order chi connectivity index (χ0) is 18.5. The SMILES string of the molecule is C/C1=N/C(NC2CCCN(C)C2)=C/CCCN=C1c1ccc(C)cc1C. The molecule has 1 unspecified atom stereocenters. The Bertz CT molecular complexity index is 730. The third kappa shape index (κ3) is 4.82. The van der Waals surface area contributed by atoms with Crippen LogP contribution in [0.15, 0.2) is 40.1 Å². The van der Waals surface area contributed by atoms with Gasteiger partial charge < -0.3 is 10.2 Å². The van der Waals surface area contributed by atoms with Gasteiger partial charge in [0.25, 0.3) is 0 Å². The Hall–Kier alpha value is -1.94. The lowest BCUT2D eigenvalue weighted by Crippen LogP contribution is -2.43. The fourth-order valence-electron chi connectivity index (χ4n) is 3.86. The smallest absolute Gasteiger partial charge is 0.122 e. The van der Waals surface area contributed by atoms with Crippen molar-refractivity contribution >= 4 is 11.4 Å². The molecular formula is C22H32N4. The number of hydrogen-bond acceptors (Lipinski definition) is 4. The first-order valence-electron chi connectivity index (χ1n) is 9.86. The van der Waals surface area contributed by atoms with Gasteiger partial charge in [-0.15, -0.1) is 0 Å². The Morgan fingerprint density at radius 2 is 2.00 bits per heavy atom. The third-order valence-corrected chi connectivity index (χ3v) is 5.21. The highest BCUT2D eigenvalue weighted by Gasteiger charge is 2.18. The topological polar surface area (TPSA) is 40.0 Å². The minimum Gasteiger partial charge on any atom is -0.366 e. The summed E-state index contributed by atoms with van der Waals surface area (Å²) in [4.78, 5) is 12.2. The molecule has 1 saturated heterocycles. The number of benzene rings is 1. The number of piperidine rings is 1. The fourth-order valence-corrected chi connectivity index (χ4v) is 3.86. The zero-order valence-corrected chi connectivity index (χ0v) is 16.7. The minimum absolute atomic E-state index is 0.485. The van der Waals surface area contributed by atoms with Crippen LogP contribution in [-0.4, -0.2) is 49.0 Å². The van der Waals surface area contributed by atoms with E-state index in [-0.39, 0.29) is 0 Å². The molecule has 2 heterocycles. The van der Waals surface area contributed by atoms with Gasteiger partial charge in [0, 0.05) is 24.7 Å². The second-order valence-corrected chi connectivity index (χ2v) is 7.72. The second-order valence-electron chi connectivity index (χ2n) is 7.72. The number of nitrogens with one attached hydrogen (secondary N) is 1. The summed E-state index contributed by atoms with van der Waals surface area (Å²) in [6.45, 7) is 9.52. The number of allylic oxidation sites excluding steroid dienone is 1. The maximum Gasteiger partial charge on any atom is 0.122 e. The lowest BCUT2D eigenvalue weighted by Gasteiger charge is -2.31. The molecule has 1 N–H and O–H groups in total. The molecule has 140 valence electrons. The lowest BCUT2D eigenvalue weighted by molar-refractivity contribution is 0.234. The van der Waals surface area contributed by atoms with Gasteiger partial charge in [-0.25, -0.2) is 4.99 Å². The van der Waals surface area contributed by atoms with E-state index in [0.717, 1.165) is 43.2 Å². The van der Waals surface area contributed by atoms with Gasteiger partial charge in [-0.05, 0) is 71.7 Å². The summed E-state index contributed by atoms with van der Waals surface area (Å²) in [5.74, 6) is 1.02. The van der Waals surface area contributed by atoms with Crippen molar-refractivity contribution in [3.05, 3.63) is 46.8 Å². The predicted molar refractivity (Wildman–Crippen MR) is 111 cm³/mol. The zero-order valence-electron chi connectivity index (χ0n) is 16.7. The Kier molecular flexibility index (Phi) is 6.25. The van der Waals surface area contributed by atoms with Crippen LogP contribution >= 0.6 is 0 Å². The second kappa shape index (κ2) is 8.63. The summed E-state index contributed by atoms with van der Waals surface area (Å²) in [7, 11) is 2.20. The number of likely N-dealkylation sites (tertiary alicyclic amines) is 1. The average Bonchev–Trinajstić information content (AvgIpc) is 2.66. The molecule has 4 heteroatoms. The lowest BCUT2D eigenvalue weighted by atomic mass is 9.99. The monoisotopic (exact) mass is 352 g/mol. The van der Waals surface area contributed by atoms with Crippen molar-refractivity contribution < 1.29 is 0 Å². The normalized spacial score (nSPS) is 26.5. The van der Waals surface area contributed by atoms with Crippen molar-refractivity contribution in [1.82, 2.24) is 10.2 Å². The number of nitrogens with zero attached hydrogens (tertiary/aromatic N) is 3. The quantitative estimate of drug-likeness (QED) is 0.897. The number of hydrogen-bond donors (Lipinski definition) is 1. The van der Waals surface area contributed by atoms with Crippen LogP contribution in [0.1, 0.15) is 49.3 Å². The fraction of sp³-hybridized carbons (Fsp3) is 0.545. The highest BCUT2D eigenvalue weighted by atomic mass is 15.2. The van der Waals surface area contributed by atoms with Crippen molar-refractivity contribution in [2.45, 2.75) is 52.5 Å². The third-order valence-electron chi connectivity index (χ3n) is 5.21. The van der Waals surface area contributed by atoms with Crippen molar-refractivity contribution in [2.24, 2.45) is 9.98 Å². The van der Waals surface area contributed by atoms with Crippen molar-refractivity contribution in [2.75, 3.05) is 26.7 Å². The van der Waals surface area contributed by atoms with Crippen LogP contribution in [0.25, 0.3) is 0 Å². The maximum absolute atomic E-state index is 4.95. The van der Waals surface area contributed by atoms with Crippen LogP contribution < -0.4 is 5.32 Å². The molecule has 1 atom stereocenters. The van der Waals surface area contributed by atoms with E-state index in [4.69, 9.17) is 9.98 Å². The van der Waals surface area contributed by atoms with Gasteiger partial charge in [-0.3, -0.25) is 4.99 Å². The molecule has 0 amide bonds. The van der Waals surface area contributed by atoms with Crippen LogP contribution in [0.2, 0.25) is 0 Å². The van der Waals surface area contributed by atoms with Crippen LogP contribution in [0.4, 0.5) is 0 Å². The summed E-state index contributed by atoms with van der Waals surface area (Å²) in [5, 5.41) is 3.69. The summed E-state index contributed by atoms with van der Waals surface area (Å²) in [6.07, 6.45) is 6.80. The molecule has 26 heavy (non-hydrogen) atoms. The van der Waals surface area contributed by atoms with E-state index in [2.05, 4.69) is 62.3 Å². The maximum atomic E-state index is 4.95. The number of aryl methyl sites for hydroxylation is 2. The highest BCUT2D eigenvalue weighted by Crippen LogP contribution is 2.16. The molecule has 0 bridgehead atoms. The number of aliphatic imine (C=N–C) groups is 2. The van der Waals surface area contributed by atoms with Crippen molar-refractivity contribution in [3.63, 3.8) is 0 Å². The van der Waals surface area contributed by atoms with Gasteiger partial charge in [-0.1, -0.05) is 23.8 Å². The van der Waals surface area contributed by atoms with E-state index in [1.807, 2.05) is 0 Å².